The molecule has 0 saturated carbocycles. The largest absolute Gasteiger partial charge is 0.467 e. The molecule has 0 unspecified atom stereocenters. The van der Waals surface area contributed by atoms with Gasteiger partial charge in [-0.2, -0.15) is 4.31 Å². The lowest BCUT2D eigenvalue weighted by Crippen LogP contribution is -2.41. The third kappa shape index (κ3) is 3.72. The Morgan fingerprint density at radius 3 is 2.52 bits per heavy atom. The topological polar surface area (TPSA) is 59.5 Å². The SMILES string of the molecule is Cc1ccc(S(=O)(=O)N2CCC(Oc3nc4ccccc4s3)CC2)cc1C. The summed E-state index contributed by atoms with van der Waals surface area (Å²) in [6.07, 6.45) is 1.33. The van der Waals surface area contributed by atoms with Crippen molar-refractivity contribution in [3.05, 3.63) is 53.6 Å². The van der Waals surface area contributed by atoms with Crippen molar-refractivity contribution < 1.29 is 13.2 Å². The van der Waals surface area contributed by atoms with Gasteiger partial charge < -0.3 is 4.74 Å². The second kappa shape index (κ2) is 7.22. The number of aryl methyl sites for hydroxylation is 2. The van der Waals surface area contributed by atoms with Crippen molar-refractivity contribution in [3.8, 4) is 5.19 Å². The van der Waals surface area contributed by atoms with Crippen LogP contribution in [0, 0.1) is 13.8 Å². The van der Waals surface area contributed by atoms with Gasteiger partial charge in [-0.05, 0) is 62.1 Å². The average molecular weight is 403 g/mol. The summed E-state index contributed by atoms with van der Waals surface area (Å²) in [7, 11) is -3.45. The number of sulfonamides is 1. The lowest BCUT2D eigenvalue weighted by Gasteiger charge is -2.30. The van der Waals surface area contributed by atoms with Crippen LogP contribution in [-0.2, 0) is 10.0 Å². The minimum absolute atomic E-state index is 0.00299. The predicted octanol–water partition coefficient (Wildman–Crippen LogP) is 4.15. The molecular weight excluding hydrogens is 380 g/mol. The number of hydrogen-bond acceptors (Lipinski definition) is 5. The van der Waals surface area contributed by atoms with E-state index < -0.39 is 10.0 Å². The molecule has 0 spiro atoms. The Balaban J connectivity index is 1.42. The fourth-order valence-electron chi connectivity index (χ4n) is 3.26. The molecule has 1 aromatic heterocycles. The van der Waals surface area contributed by atoms with Crippen LogP contribution >= 0.6 is 11.3 Å². The third-order valence-corrected chi connectivity index (χ3v) is 7.88. The molecule has 142 valence electrons. The smallest absolute Gasteiger partial charge is 0.274 e. The Labute approximate surface area is 163 Å². The first kappa shape index (κ1) is 18.4. The summed E-state index contributed by atoms with van der Waals surface area (Å²) in [5.41, 5.74) is 3.02. The number of benzene rings is 2. The van der Waals surface area contributed by atoms with Crippen molar-refractivity contribution in [3.63, 3.8) is 0 Å². The molecule has 1 aliphatic heterocycles. The van der Waals surface area contributed by atoms with Gasteiger partial charge in [-0.15, -0.1) is 0 Å². The Kier molecular flexibility index (Phi) is 4.92. The van der Waals surface area contributed by atoms with Gasteiger partial charge in [0.25, 0.3) is 5.19 Å². The van der Waals surface area contributed by atoms with Crippen molar-refractivity contribution in [2.45, 2.75) is 37.7 Å². The van der Waals surface area contributed by atoms with E-state index in [1.165, 1.54) is 11.3 Å². The molecule has 7 heteroatoms. The van der Waals surface area contributed by atoms with E-state index in [9.17, 15) is 8.42 Å². The third-order valence-electron chi connectivity index (χ3n) is 5.06. The zero-order valence-corrected chi connectivity index (χ0v) is 17.0. The van der Waals surface area contributed by atoms with Gasteiger partial charge in [0, 0.05) is 13.1 Å². The van der Waals surface area contributed by atoms with Crippen LogP contribution < -0.4 is 4.74 Å². The Hall–Kier alpha value is -1.96. The number of fused-ring (bicyclic) bond motifs is 1. The van der Waals surface area contributed by atoms with E-state index >= 15 is 0 Å². The maximum atomic E-state index is 12.9. The summed E-state index contributed by atoms with van der Waals surface area (Å²) in [6, 6.07) is 13.3. The van der Waals surface area contributed by atoms with Gasteiger partial charge in [-0.25, -0.2) is 13.4 Å². The van der Waals surface area contributed by atoms with Crippen molar-refractivity contribution in [2.24, 2.45) is 0 Å². The minimum atomic E-state index is -3.45. The van der Waals surface area contributed by atoms with Crippen LogP contribution in [0.2, 0.25) is 0 Å². The Morgan fingerprint density at radius 1 is 1.07 bits per heavy atom. The molecule has 27 heavy (non-hydrogen) atoms. The zero-order chi connectivity index (χ0) is 19.0. The summed E-state index contributed by atoms with van der Waals surface area (Å²) in [4.78, 5) is 4.88. The van der Waals surface area contributed by atoms with Crippen LogP contribution in [0.3, 0.4) is 0 Å². The van der Waals surface area contributed by atoms with E-state index in [1.807, 2.05) is 44.2 Å². The van der Waals surface area contributed by atoms with Crippen molar-refractivity contribution in [2.75, 3.05) is 13.1 Å². The van der Waals surface area contributed by atoms with E-state index in [0.29, 0.717) is 36.0 Å². The van der Waals surface area contributed by atoms with Crippen molar-refractivity contribution in [1.82, 2.24) is 9.29 Å². The Morgan fingerprint density at radius 2 is 1.81 bits per heavy atom. The fourth-order valence-corrected chi connectivity index (χ4v) is 5.69. The van der Waals surface area contributed by atoms with Gasteiger partial charge in [0.15, 0.2) is 0 Å². The average Bonchev–Trinajstić information content (AvgIpc) is 3.06. The lowest BCUT2D eigenvalue weighted by atomic mass is 10.1. The van der Waals surface area contributed by atoms with Crippen molar-refractivity contribution >= 4 is 31.6 Å². The van der Waals surface area contributed by atoms with Gasteiger partial charge in [-0.3, -0.25) is 0 Å². The number of piperidine rings is 1. The maximum absolute atomic E-state index is 12.9. The minimum Gasteiger partial charge on any atom is -0.467 e. The molecule has 0 aliphatic carbocycles. The van der Waals surface area contributed by atoms with Crippen LogP contribution in [-0.4, -0.2) is 36.9 Å². The van der Waals surface area contributed by atoms with Gasteiger partial charge in [0.1, 0.15) is 6.10 Å². The first-order chi connectivity index (χ1) is 12.9. The van der Waals surface area contributed by atoms with Gasteiger partial charge in [0.05, 0.1) is 15.1 Å². The number of ether oxygens (including phenoxy) is 1. The highest BCUT2D eigenvalue weighted by Gasteiger charge is 2.30. The van der Waals surface area contributed by atoms with Gasteiger partial charge in [-0.1, -0.05) is 29.5 Å². The summed E-state index contributed by atoms with van der Waals surface area (Å²) < 4.78 is 34.5. The quantitative estimate of drug-likeness (QED) is 0.658. The highest BCUT2D eigenvalue weighted by Crippen LogP contribution is 2.30. The summed E-state index contributed by atoms with van der Waals surface area (Å²) >= 11 is 1.53. The van der Waals surface area contributed by atoms with Crippen molar-refractivity contribution in [1.29, 1.82) is 0 Å². The van der Waals surface area contributed by atoms with Crippen LogP contribution in [0.25, 0.3) is 10.2 Å². The lowest BCUT2D eigenvalue weighted by molar-refractivity contribution is 0.135. The molecule has 0 bridgehead atoms. The number of nitrogens with zero attached hydrogens (tertiary/aromatic N) is 2. The van der Waals surface area contributed by atoms with E-state index in [0.717, 1.165) is 21.3 Å². The first-order valence-corrected chi connectivity index (χ1v) is 11.3. The molecular formula is C20H22N2O3S2. The zero-order valence-electron chi connectivity index (χ0n) is 15.4. The molecule has 2 heterocycles. The molecule has 5 nitrogen and oxygen atoms in total. The maximum Gasteiger partial charge on any atom is 0.274 e. The number of thiazole rings is 1. The molecule has 1 aliphatic rings. The fraction of sp³-hybridized carbons (Fsp3) is 0.350. The summed E-state index contributed by atoms with van der Waals surface area (Å²) in [5.74, 6) is 0. The second-order valence-corrected chi connectivity index (χ2v) is 9.85. The van der Waals surface area contributed by atoms with E-state index in [1.54, 1.807) is 16.4 Å². The number of aromatic nitrogens is 1. The first-order valence-electron chi connectivity index (χ1n) is 9.03. The molecule has 3 aromatic rings. The van der Waals surface area contributed by atoms with Gasteiger partial charge >= 0.3 is 0 Å². The Bertz CT molecular complexity index is 1030. The number of hydrogen-bond donors (Lipinski definition) is 0. The van der Waals surface area contributed by atoms with Crippen LogP contribution in [0.5, 0.6) is 5.19 Å². The molecule has 1 saturated heterocycles. The summed E-state index contributed by atoms with van der Waals surface area (Å²) in [5, 5.41) is 0.659. The molecule has 0 radical (unpaired) electrons. The van der Waals surface area contributed by atoms with E-state index in [2.05, 4.69) is 4.98 Å². The molecule has 4 rings (SSSR count). The normalized spacial score (nSPS) is 16.7. The van der Waals surface area contributed by atoms with Crippen LogP contribution in [0.1, 0.15) is 24.0 Å². The highest BCUT2D eigenvalue weighted by molar-refractivity contribution is 7.89. The molecule has 0 atom stereocenters. The molecule has 0 N–H and O–H groups in total. The summed E-state index contributed by atoms with van der Waals surface area (Å²) in [6.45, 7) is 4.85. The molecule has 1 fully saturated rings. The van der Waals surface area contributed by atoms with E-state index in [-0.39, 0.29) is 6.10 Å². The monoisotopic (exact) mass is 402 g/mol. The number of para-hydroxylation sites is 1. The molecule has 2 aromatic carbocycles. The van der Waals surface area contributed by atoms with E-state index in [4.69, 9.17) is 4.74 Å². The number of rotatable bonds is 4. The predicted molar refractivity (Wildman–Crippen MR) is 108 cm³/mol. The van der Waals surface area contributed by atoms with Gasteiger partial charge in [0.2, 0.25) is 10.0 Å². The molecule has 0 amide bonds. The van der Waals surface area contributed by atoms with Crippen LogP contribution in [0.4, 0.5) is 0 Å². The second-order valence-electron chi connectivity index (χ2n) is 6.91. The highest BCUT2D eigenvalue weighted by atomic mass is 32.2. The standard InChI is InChI=1S/C20H22N2O3S2/c1-14-7-8-17(13-15(14)2)27(23,24)22-11-9-16(10-12-22)25-20-21-18-5-3-4-6-19(18)26-20/h3-8,13,16H,9-12H2,1-2H3. The van der Waals surface area contributed by atoms with Crippen LogP contribution in [0.15, 0.2) is 47.4 Å².